The third-order valence-corrected chi connectivity index (χ3v) is 5.13. The first-order chi connectivity index (χ1) is 12.0. The summed E-state index contributed by atoms with van der Waals surface area (Å²) in [6.45, 7) is 2.58. The minimum absolute atomic E-state index is 0.0564. The fourth-order valence-corrected chi connectivity index (χ4v) is 3.52. The molecule has 0 bridgehead atoms. The van der Waals surface area contributed by atoms with E-state index in [0.29, 0.717) is 26.2 Å². The Morgan fingerprint density at radius 2 is 1.72 bits per heavy atom. The number of carbonyl (C=O) groups excluding carboxylic acids is 1. The molecule has 1 fully saturated rings. The molecular weight excluding hydrogens is 346 g/mol. The van der Waals surface area contributed by atoms with Gasteiger partial charge in [0.05, 0.1) is 5.75 Å². The minimum Gasteiger partial charge on any atom is -0.508 e. The quantitative estimate of drug-likeness (QED) is 0.847. The Bertz CT molecular complexity index is 747. The maximum absolute atomic E-state index is 13.6. The molecule has 0 unspecified atom stereocenters. The first-order valence-corrected chi connectivity index (χ1v) is 8.91. The van der Waals surface area contributed by atoms with Crippen molar-refractivity contribution in [1.82, 2.24) is 4.90 Å². The lowest BCUT2D eigenvalue weighted by molar-refractivity contribution is -0.128. The van der Waals surface area contributed by atoms with Gasteiger partial charge in [-0.05, 0) is 36.4 Å². The van der Waals surface area contributed by atoms with Gasteiger partial charge in [-0.3, -0.25) is 4.79 Å². The third kappa shape index (κ3) is 4.42. The van der Waals surface area contributed by atoms with Crippen LogP contribution in [0.25, 0.3) is 0 Å². The van der Waals surface area contributed by atoms with E-state index in [4.69, 9.17) is 0 Å². The van der Waals surface area contributed by atoms with E-state index in [-0.39, 0.29) is 22.3 Å². The molecule has 0 aromatic heterocycles. The first-order valence-electron chi connectivity index (χ1n) is 7.92. The molecule has 1 heterocycles. The Balaban J connectivity index is 1.50. The van der Waals surface area contributed by atoms with Gasteiger partial charge >= 0.3 is 0 Å². The zero-order chi connectivity index (χ0) is 17.8. The second-order valence-electron chi connectivity index (χ2n) is 5.75. The highest BCUT2D eigenvalue weighted by molar-refractivity contribution is 8.00. The molecule has 0 radical (unpaired) electrons. The van der Waals surface area contributed by atoms with Crippen molar-refractivity contribution in [2.24, 2.45) is 0 Å². The zero-order valence-electron chi connectivity index (χ0n) is 13.5. The summed E-state index contributed by atoms with van der Waals surface area (Å²) in [5.74, 6) is -0.975. The predicted molar refractivity (Wildman–Crippen MR) is 94.0 cm³/mol. The van der Waals surface area contributed by atoms with Crippen LogP contribution in [0.1, 0.15) is 0 Å². The number of aromatic hydroxyl groups is 1. The Labute approximate surface area is 149 Å². The van der Waals surface area contributed by atoms with Crippen LogP contribution in [0.15, 0.2) is 47.4 Å². The van der Waals surface area contributed by atoms with Gasteiger partial charge in [-0.2, -0.15) is 0 Å². The topological polar surface area (TPSA) is 43.8 Å². The second-order valence-corrected chi connectivity index (χ2v) is 6.76. The van der Waals surface area contributed by atoms with Crippen molar-refractivity contribution >= 4 is 23.4 Å². The summed E-state index contributed by atoms with van der Waals surface area (Å²) in [6.07, 6.45) is 0. The van der Waals surface area contributed by atoms with Gasteiger partial charge in [-0.1, -0.05) is 0 Å². The van der Waals surface area contributed by atoms with Crippen LogP contribution in [0.3, 0.4) is 0 Å². The summed E-state index contributed by atoms with van der Waals surface area (Å²) in [7, 11) is 0. The number of benzene rings is 2. The fourth-order valence-electron chi connectivity index (χ4n) is 2.70. The number of carbonyl (C=O) groups is 1. The van der Waals surface area contributed by atoms with Crippen LogP contribution in [0.4, 0.5) is 14.5 Å². The summed E-state index contributed by atoms with van der Waals surface area (Å²) in [5.41, 5.74) is 1.01. The SMILES string of the molecule is O=C(CSc1ccc(F)cc1F)N1CCN(c2ccc(O)cc2)CC1. The van der Waals surface area contributed by atoms with Gasteiger partial charge in [0.1, 0.15) is 17.4 Å². The van der Waals surface area contributed by atoms with Crippen molar-refractivity contribution < 1.29 is 18.7 Å². The number of thioether (sulfide) groups is 1. The first kappa shape index (κ1) is 17.5. The van der Waals surface area contributed by atoms with Crippen molar-refractivity contribution in [2.45, 2.75) is 4.90 Å². The van der Waals surface area contributed by atoms with Gasteiger partial charge in [0.15, 0.2) is 0 Å². The summed E-state index contributed by atoms with van der Waals surface area (Å²) >= 11 is 1.08. The van der Waals surface area contributed by atoms with Crippen LogP contribution in [0.2, 0.25) is 0 Å². The highest BCUT2D eigenvalue weighted by atomic mass is 32.2. The van der Waals surface area contributed by atoms with Crippen molar-refractivity contribution in [3.8, 4) is 5.75 Å². The fraction of sp³-hybridized carbons (Fsp3) is 0.278. The van der Waals surface area contributed by atoms with Crippen LogP contribution >= 0.6 is 11.8 Å². The van der Waals surface area contributed by atoms with Crippen molar-refractivity contribution in [3.63, 3.8) is 0 Å². The van der Waals surface area contributed by atoms with E-state index in [1.807, 2.05) is 12.1 Å². The Kier molecular flexibility index (Phi) is 5.43. The molecule has 25 heavy (non-hydrogen) atoms. The van der Waals surface area contributed by atoms with Crippen LogP contribution in [-0.4, -0.2) is 47.8 Å². The smallest absolute Gasteiger partial charge is 0.233 e. The molecule has 2 aromatic rings. The average molecular weight is 364 g/mol. The van der Waals surface area contributed by atoms with E-state index in [1.54, 1.807) is 17.0 Å². The van der Waals surface area contributed by atoms with E-state index >= 15 is 0 Å². The standard InChI is InChI=1S/C18H18F2N2O2S/c19-13-1-6-17(16(20)11-13)25-12-18(24)22-9-7-21(8-10-22)14-2-4-15(23)5-3-14/h1-6,11,23H,7-10,12H2. The molecule has 0 atom stereocenters. The van der Waals surface area contributed by atoms with Gasteiger partial charge in [0.2, 0.25) is 5.91 Å². The number of rotatable bonds is 4. The molecule has 2 aromatic carbocycles. The largest absolute Gasteiger partial charge is 0.508 e. The Hall–Kier alpha value is -2.28. The molecule has 1 aliphatic rings. The molecule has 1 amide bonds. The molecule has 3 rings (SSSR count). The van der Waals surface area contributed by atoms with Gasteiger partial charge in [0, 0.05) is 42.8 Å². The van der Waals surface area contributed by atoms with Gasteiger partial charge in [-0.15, -0.1) is 11.8 Å². The number of amides is 1. The Morgan fingerprint density at radius 1 is 1.04 bits per heavy atom. The molecule has 1 saturated heterocycles. The van der Waals surface area contributed by atoms with E-state index < -0.39 is 11.6 Å². The normalized spacial score (nSPS) is 14.6. The number of hydrogen-bond acceptors (Lipinski definition) is 4. The van der Waals surface area contributed by atoms with Crippen molar-refractivity contribution in [1.29, 1.82) is 0 Å². The van der Waals surface area contributed by atoms with E-state index in [2.05, 4.69) is 4.90 Å². The number of phenols is 1. The Morgan fingerprint density at radius 3 is 2.36 bits per heavy atom. The number of hydrogen-bond donors (Lipinski definition) is 1. The molecule has 0 spiro atoms. The number of halogens is 2. The molecule has 132 valence electrons. The van der Waals surface area contributed by atoms with Crippen LogP contribution in [0, 0.1) is 11.6 Å². The summed E-state index contributed by atoms with van der Waals surface area (Å²) < 4.78 is 26.5. The number of piperazine rings is 1. The highest BCUT2D eigenvalue weighted by Crippen LogP contribution is 2.24. The minimum atomic E-state index is -0.644. The summed E-state index contributed by atoms with van der Waals surface area (Å²) in [5, 5.41) is 9.34. The van der Waals surface area contributed by atoms with E-state index in [9.17, 15) is 18.7 Å². The molecule has 0 saturated carbocycles. The lowest BCUT2D eigenvalue weighted by atomic mass is 10.2. The number of phenolic OH excluding ortho intramolecular Hbond substituents is 1. The van der Waals surface area contributed by atoms with Gasteiger partial charge < -0.3 is 14.9 Å². The molecular formula is C18H18F2N2O2S. The zero-order valence-corrected chi connectivity index (χ0v) is 14.3. The average Bonchev–Trinajstić information content (AvgIpc) is 2.61. The predicted octanol–water partition coefficient (Wildman–Crippen LogP) is 3.11. The maximum Gasteiger partial charge on any atom is 0.233 e. The van der Waals surface area contributed by atoms with E-state index in [0.717, 1.165) is 23.5 Å². The summed E-state index contributed by atoms with van der Waals surface area (Å²) in [4.78, 5) is 16.5. The molecule has 1 aliphatic heterocycles. The van der Waals surface area contributed by atoms with Crippen LogP contribution in [-0.2, 0) is 4.79 Å². The van der Waals surface area contributed by atoms with Crippen molar-refractivity contribution in [2.75, 3.05) is 36.8 Å². The highest BCUT2D eigenvalue weighted by Gasteiger charge is 2.21. The summed E-state index contributed by atoms with van der Waals surface area (Å²) in [6, 6.07) is 10.3. The van der Waals surface area contributed by atoms with E-state index in [1.165, 1.54) is 12.1 Å². The monoisotopic (exact) mass is 364 g/mol. The lowest BCUT2D eigenvalue weighted by Crippen LogP contribution is -2.49. The molecule has 1 N–H and O–H groups in total. The molecule has 4 nitrogen and oxygen atoms in total. The maximum atomic E-state index is 13.6. The van der Waals surface area contributed by atoms with Gasteiger partial charge in [0.25, 0.3) is 0 Å². The number of anilines is 1. The molecule has 0 aliphatic carbocycles. The van der Waals surface area contributed by atoms with Crippen LogP contribution < -0.4 is 4.90 Å². The van der Waals surface area contributed by atoms with Crippen LogP contribution in [0.5, 0.6) is 5.75 Å². The van der Waals surface area contributed by atoms with Crippen molar-refractivity contribution in [3.05, 3.63) is 54.1 Å². The number of nitrogens with zero attached hydrogens (tertiary/aromatic N) is 2. The lowest BCUT2D eigenvalue weighted by Gasteiger charge is -2.36. The third-order valence-electron chi connectivity index (χ3n) is 4.09. The van der Waals surface area contributed by atoms with Gasteiger partial charge in [-0.25, -0.2) is 8.78 Å². The molecule has 7 heteroatoms. The second kappa shape index (κ2) is 7.74.